The van der Waals surface area contributed by atoms with Crippen molar-refractivity contribution in [3.63, 3.8) is 0 Å². The average Bonchev–Trinajstić information content (AvgIpc) is 3.28. The highest BCUT2D eigenvalue weighted by molar-refractivity contribution is 5.95. The van der Waals surface area contributed by atoms with Crippen molar-refractivity contribution >= 4 is 17.5 Å². The van der Waals surface area contributed by atoms with Gasteiger partial charge in [-0.05, 0) is 68.7 Å². The number of Topliss-reactive ketones (excluding diaryl/α,β-unsaturated/α-hetero) is 1. The third-order valence-corrected chi connectivity index (χ3v) is 4.11. The Morgan fingerprint density at radius 3 is 2.05 bits per heavy atom. The summed E-state index contributed by atoms with van der Waals surface area (Å²) < 4.78 is 0. The number of nitrogens with one attached hydrogen (secondary N) is 2. The Morgan fingerprint density at radius 1 is 1.05 bits per heavy atom. The maximum absolute atomic E-state index is 12.0. The smallest absolute Gasteiger partial charge is 0.319 e. The molecule has 2 amide bonds. The third kappa shape index (κ3) is 3.18. The summed E-state index contributed by atoms with van der Waals surface area (Å²) in [5, 5.41) is 5.95. The van der Waals surface area contributed by atoms with Gasteiger partial charge in [0.05, 0.1) is 0 Å². The summed E-state index contributed by atoms with van der Waals surface area (Å²) in [5.74, 6) is 1.41. The highest BCUT2D eigenvalue weighted by atomic mass is 16.2. The van der Waals surface area contributed by atoms with Crippen molar-refractivity contribution in [3.8, 4) is 0 Å². The lowest BCUT2D eigenvalue weighted by Gasteiger charge is -2.18. The van der Waals surface area contributed by atoms with Crippen LogP contribution in [0.4, 0.5) is 10.5 Å². The number of anilines is 1. The minimum Gasteiger partial charge on any atom is -0.335 e. The largest absolute Gasteiger partial charge is 0.335 e. The second kappa shape index (κ2) is 5.27. The Morgan fingerprint density at radius 2 is 1.60 bits per heavy atom. The quantitative estimate of drug-likeness (QED) is 0.809. The van der Waals surface area contributed by atoms with Gasteiger partial charge < -0.3 is 10.6 Å². The predicted molar refractivity (Wildman–Crippen MR) is 77.8 cm³/mol. The van der Waals surface area contributed by atoms with E-state index in [-0.39, 0.29) is 11.8 Å². The summed E-state index contributed by atoms with van der Waals surface area (Å²) in [7, 11) is 0. The summed E-state index contributed by atoms with van der Waals surface area (Å²) in [4.78, 5) is 23.2. The number of urea groups is 1. The fraction of sp³-hybridized carbons (Fsp3) is 0.500. The standard InChI is InChI=1S/C16H20N2O2/c1-10(19)11-6-8-14(9-7-11)17-16(20)18-15(12-2-3-12)13-4-5-13/h6-9,12-13,15H,2-5H2,1H3,(H2,17,18,20). The van der Waals surface area contributed by atoms with Crippen molar-refractivity contribution in [2.24, 2.45) is 11.8 Å². The van der Waals surface area contributed by atoms with E-state index in [1.165, 1.54) is 32.6 Å². The van der Waals surface area contributed by atoms with Gasteiger partial charge >= 0.3 is 6.03 Å². The number of rotatable bonds is 5. The monoisotopic (exact) mass is 272 g/mol. The molecule has 2 fully saturated rings. The number of hydrogen-bond acceptors (Lipinski definition) is 2. The minimum atomic E-state index is -0.135. The Balaban J connectivity index is 1.56. The van der Waals surface area contributed by atoms with Crippen LogP contribution in [-0.4, -0.2) is 17.9 Å². The van der Waals surface area contributed by atoms with Crippen molar-refractivity contribution in [2.45, 2.75) is 38.6 Å². The first-order valence-electron chi connectivity index (χ1n) is 7.32. The van der Waals surface area contributed by atoms with Gasteiger partial charge in [-0.3, -0.25) is 4.79 Å². The second-order valence-electron chi connectivity index (χ2n) is 5.93. The molecule has 4 heteroatoms. The van der Waals surface area contributed by atoms with Crippen molar-refractivity contribution in [1.29, 1.82) is 0 Å². The van der Waals surface area contributed by atoms with Gasteiger partial charge in [-0.25, -0.2) is 4.79 Å². The molecule has 0 radical (unpaired) electrons. The van der Waals surface area contributed by atoms with Crippen LogP contribution in [-0.2, 0) is 0 Å². The molecule has 2 aliphatic rings. The van der Waals surface area contributed by atoms with Gasteiger partial charge in [-0.2, -0.15) is 0 Å². The highest BCUT2D eigenvalue weighted by Crippen LogP contribution is 2.44. The van der Waals surface area contributed by atoms with E-state index in [2.05, 4.69) is 10.6 Å². The Labute approximate surface area is 118 Å². The van der Waals surface area contributed by atoms with E-state index in [9.17, 15) is 9.59 Å². The van der Waals surface area contributed by atoms with Crippen LogP contribution < -0.4 is 10.6 Å². The molecular weight excluding hydrogens is 252 g/mol. The zero-order valence-electron chi connectivity index (χ0n) is 11.7. The molecule has 1 aromatic carbocycles. The maximum Gasteiger partial charge on any atom is 0.319 e. The molecule has 0 atom stereocenters. The molecule has 0 aliphatic heterocycles. The van der Waals surface area contributed by atoms with Crippen molar-refractivity contribution < 1.29 is 9.59 Å². The molecule has 0 saturated heterocycles. The zero-order valence-corrected chi connectivity index (χ0v) is 11.7. The topological polar surface area (TPSA) is 58.2 Å². The normalized spacial score (nSPS) is 17.9. The molecular formula is C16H20N2O2. The van der Waals surface area contributed by atoms with E-state index >= 15 is 0 Å². The van der Waals surface area contributed by atoms with Crippen LogP contribution in [0.5, 0.6) is 0 Å². The molecule has 3 rings (SSSR count). The first-order chi connectivity index (χ1) is 9.63. The van der Waals surface area contributed by atoms with E-state index in [1.807, 2.05) is 0 Å². The van der Waals surface area contributed by atoms with Crippen LogP contribution >= 0.6 is 0 Å². The zero-order chi connectivity index (χ0) is 14.1. The van der Waals surface area contributed by atoms with Gasteiger partial charge in [-0.15, -0.1) is 0 Å². The minimum absolute atomic E-state index is 0.0310. The maximum atomic E-state index is 12.0. The van der Waals surface area contributed by atoms with Crippen molar-refractivity contribution in [2.75, 3.05) is 5.32 Å². The van der Waals surface area contributed by atoms with Gasteiger partial charge in [0.2, 0.25) is 0 Å². The lowest BCUT2D eigenvalue weighted by atomic mass is 10.1. The van der Waals surface area contributed by atoms with Crippen molar-refractivity contribution in [3.05, 3.63) is 29.8 Å². The van der Waals surface area contributed by atoms with Crippen LogP contribution in [0.1, 0.15) is 43.0 Å². The number of amides is 2. The van der Waals surface area contributed by atoms with Crippen LogP contribution in [0.2, 0.25) is 0 Å². The van der Waals surface area contributed by atoms with Gasteiger partial charge in [0.25, 0.3) is 0 Å². The molecule has 20 heavy (non-hydrogen) atoms. The van der Waals surface area contributed by atoms with E-state index < -0.39 is 0 Å². The summed E-state index contributed by atoms with van der Waals surface area (Å²) in [6.07, 6.45) is 4.98. The number of hydrogen-bond donors (Lipinski definition) is 2. The molecule has 106 valence electrons. The van der Waals surface area contributed by atoms with E-state index in [0.29, 0.717) is 23.4 Å². The first-order valence-corrected chi connectivity index (χ1v) is 7.32. The molecule has 0 aromatic heterocycles. The number of benzene rings is 1. The van der Waals surface area contributed by atoms with Gasteiger partial charge in [0.1, 0.15) is 0 Å². The SMILES string of the molecule is CC(=O)c1ccc(NC(=O)NC(C2CC2)C2CC2)cc1. The average molecular weight is 272 g/mol. The molecule has 0 spiro atoms. The molecule has 0 heterocycles. The summed E-state index contributed by atoms with van der Waals surface area (Å²) in [6.45, 7) is 1.53. The molecule has 1 aromatic rings. The molecule has 4 nitrogen and oxygen atoms in total. The number of carbonyl (C=O) groups is 2. The Kier molecular flexibility index (Phi) is 3.47. The van der Waals surface area contributed by atoms with Gasteiger partial charge in [-0.1, -0.05) is 0 Å². The first kappa shape index (κ1) is 13.2. The van der Waals surface area contributed by atoms with Crippen LogP contribution in [0.3, 0.4) is 0 Å². The molecule has 2 N–H and O–H groups in total. The van der Waals surface area contributed by atoms with Crippen LogP contribution in [0, 0.1) is 11.8 Å². The van der Waals surface area contributed by atoms with E-state index in [1.54, 1.807) is 24.3 Å². The number of carbonyl (C=O) groups excluding carboxylic acids is 2. The molecule has 0 bridgehead atoms. The second-order valence-corrected chi connectivity index (χ2v) is 5.93. The number of ketones is 1. The lowest BCUT2D eigenvalue weighted by molar-refractivity contribution is 0.101. The lowest BCUT2D eigenvalue weighted by Crippen LogP contribution is -2.40. The molecule has 0 unspecified atom stereocenters. The van der Waals surface area contributed by atoms with Crippen LogP contribution in [0.25, 0.3) is 0 Å². The summed E-state index contributed by atoms with van der Waals surface area (Å²) in [5.41, 5.74) is 1.38. The molecule has 2 aliphatic carbocycles. The summed E-state index contributed by atoms with van der Waals surface area (Å²) in [6, 6.07) is 7.21. The third-order valence-electron chi connectivity index (χ3n) is 4.11. The van der Waals surface area contributed by atoms with E-state index in [4.69, 9.17) is 0 Å². The highest BCUT2D eigenvalue weighted by Gasteiger charge is 2.42. The van der Waals surface area contributed by atoms with Crippen LogP contribution in [0.15, 0.2) is 24.3 Å². The Hall–Kier alpha value is -1.84. The van der Waals surface area contributed by atoms with E-state index in [0.717, 1.165) is 5.69 Å². The van der Waals surface area contributed by atoms with Gasteiger partial charge in [0.15, 0.2) is 5.78 Å². The fourth-order valence-corrected chi connectivity index (χ4v) is 2.64. The predicted octanol–water partition coefficient (Wildman–Crippen LogP) is 3.20. The summed E-state index contributed by atoms with van der Waals surface area (Å²) >= 11 is 0. The molecule has 2 saturated carbocycles. The fourth-order valence-electron chi connectivity index (χ4n) is 2.64. The Bertz CT molecular complexity index is 504. The van der Waals surface area contributed by atoms with Crippen molar-refractivity contribution in [1.82, 2.24) is 5.32 Å². The van der Waals surface area contributed by atoms with Gasteiger partial charge in [0, 0.05) is 17.3 Å².